The minimum absolute atomic E-state index is 0.0900. The van der Waals surface area contributed by atoms with Crippen LogP contribution in [0.3, 0.4) is 0 Å². The van der Waals surface area contributed by atoms with Crippen LogP contribution >= 0.6 is 0 Å². The number of aryl methyl sites for hydroxylation is 2. The quantitative estimate of drug-likeness (QED) is 0.770. The molecule has 2 amide bonds. The van der Waals surface area contributed by atoms with Gasteiger partial charge in [-0.3, -0.25) is 14.6 Å². The lowest BCUT2D eigenvalue weighted by Gasteiger charge is -2.10. The highest BCUT2D eigenvalue weighted by Crippen LogP contribution is 2.21. The molecule has 5 heteroatoms. The Morgan fingerprint density at radius 2 is 1.80 bits per heavy atom. The molecule has 25 heavy (non-hydrogen) atoms. The molecule has 0 aliphatic rings. The van der Waals surface area contributed by atoms with Crippen LogP contribution in [0.25, 0.3) is 10.8 Å². The maximum absolute atomic E-state index is 12.2. The number of anilines is 1. The summed E-state index contributed by atoms with van der Waals surface area (Å²) < 4.78 is 0. The Hall–Kier alpha value is -3.21. The standard InChI is InChI=1S/C20H19N3O2/c1-13-8-14(2)10-16(9-13)20(25)22-12-19(24)23-18-5-3-4-15-11-21-7-6-17(15)18/h3-11H,12H2,1-2H3,(H,22,25)(H,23,24). The predicted molar refractivity (Wildman–Crippen MR) is 98.6 cm³/mol. The molecule has 0 aliphatic carbocycles. The van der Waals surface area contributed by atoms with E-state index in [1.54, 1.807) is 24.5 Å². The van der Waals surface area contributed by atoms with Crippen LogP contribution in [0.5, 0.6) is 0 Å². The molecule has 2 aromatic carbocycles. The first kappa shape index (κ1) is 16.6. The van der Waals surface area contributed by atoms with E-state index in [1.807, 2.05) is 44.2 Å². The van der Waals surface area contributed by atoms with Crippen LogP contribution in [0, 0.1) is 13.8 Å². The van der Waals surface area contributed by atoms with Gasteiger partial charge < -0.3 is 10.6 Å². The zero-order valence-electron chi connectivity index (χ0n) is 14.2. The van der Waals surface area contributed by atoms with Crippen molar-refractivity contribution in [1.29, 1.82) is 0 Å². The van der Waals surface area contributed by atoms with Crippen LogP contribution in [0.15, 0.2) is 54.9 Å². The topological polar surface area (TPSA) is 71.1 Å². The Labute approximate surface area is 146 Å². The Bertz CT molecular complexity index is 925. The fourth-order valence-electron chi connectivity index (χ4n) is 2.79. The summed E-state index contributed by atoms with van der Waals surface area (Å²) in [4.78, 5) is 28.5. The molecule has 0 aliphatic heterocycles. The van der Waals surface area contributed by atoms with Gasteiger partial charge in [-0.05, 0) is 38.1 Å². The molecule has 1 aromatic heterocycles. The van der Waals surface area contributed by atoms with E-state index in [0.717, 1.165) is 21.9 Å². The van der Waals surface area contributed by atoms with Crippen molar-refractivity contribution in [3.8, 4) is 0 Å². The fraction of sp³-hybridized carbons (Fsp3) is 0.150. The fourth-order valence-corrected chi connectivity index (χ4v) is 2.79. The van der Waals surface area contributed by atoms with Gasteiger partial charge in [0, 0.05) is 34.4 Å². The van der Waals surface area contributed by atoms with Gasteiger partial charge in [-0.15, -0.1) is 0 Å². The van der Waals surface area contributed by atoms with E-state index in [4.69, 9.17) is 0 Å². The number of amides is 2. The lowest BCUT2D eigenvalue weighted by Crippen LogP contribution is -2.33. The third-order valence-corrected chi connectivity index (χ3v) is 3.85. The van der Waals surface area contributed by atoms with Crippen molar-refractivity contribution in [1.82, 2.24) is 10.3 Å². The van der Waals surface area contributed by atoms with Gasteiger partial charge in [0.1, 0.15) is 0 Å². The maximum atomic E-state index is 12.2. The van der Waals surface area contributed by atoms with Gasteiger partial charge in [0.25, 0.3) is 5.91 Å². The average Bonchev–Trinajstić information content (AvgIpc) is 2.59. The van der Waals surface area contributed by atoms with E-state index in [9.17, 15) is 9.59 Å². The van der Waals surface area contributed by atoms with Crippen molar-refractivity contribution in [2.75, 3.05) is 11.9 Å². The number of carbonyl (C=O) groups is 2. The zero-order chi connectivity index (χ0) is 17.8. The average molecular weight is 333 g/mol. The third kappa shape index (κ3) is 4.01. The number of nitrogens with zero attached hydrogens (tertiary/aromatic N) is 1. The Morgan fingerprint density at radius 3 is 2.56 bits per heavy atom. The molecule has 0 unspecified atom stereocenters. The molecule has 5 nitrogen and oxygen atoms in total. The second-order valence-corrected chi connectivity index (χ2v) is 6.01. The summed E-state index contributed by atoms with van der Waals surface area (Å²) in [6, 6.07) is 13.1. The third-order valence-electron chi connectivity index (χ3n) is 3.85. The number of pyridine rings is 1. The number of fused-ring (bicyclic) bond motifs is 1. The highest BCUT2D eigenvalue weighted by atomic mass is 16.2. The summed E-state index contributed by atoms with van der Waals surface area (Å²) >= 11 is 0. The minimum Gasteiger partial charge on any atom is -0.343 e. The molecule has 2 N–H and O–H groups in total. The molecule has 0 radical (unpaired) electrons. The molecule has 3 rings (SSSR count). The van der Waals surface area contributed by atoms with Crippen molar-refractivity contribution in [2.24, 2.45) is 0 Å². The molecule has 0 saturated carbocycles. The number of nitrogens with one attached hydrogen (secondary N) is 2. The van der Waals surface area contributed by atoms with Gasteiger partial charge in [0.05, 0.1) is 6.54 Å². The van der Waals surface area contributed by atoms with Crippen LogP contribution in [-0.2, 0) is 4.79 Å². The lowest BCUT2D eigenvalue weighted by molar-refractivity contribution is -0.115. The van der Waals surface area contributed by atoms with E-state index in [2.05, 4.69) is 15.6 Å². The van der Waals surface area contributed by atoms with Gasteiger partial charge >= 0.3 is 0 Å². The highest BCUT2D eigenvalue weighted by molar-refractivity contribution is 6.04. The van der Waals surface area contributed by atoms with Gasteiger partial charge in [-0.2, -0.15) is 0 Å². The summed E-state index contributed by atoms with van der Waals surface area (Å²) in [5, 5.41) is 7.34. The number of carbonyl (C=O) groups excluding carboxylic acids is 2. The number of rotatable bonds is 4. The monoisotopic (exact) mass is 333 g/mol. The van der Waals surface area contributed by atoms with Gasteiger partial charge in [0.15, 0.2) is 0 Å². The molecular formula is C20H19N3O2. The molecule has 0 spiro atoms. The summed E-state index contributed by atoms with van der Waals surface area (Å²) in [7, 11) is 0. The van der Waals surface area contributed by atoms with E-state index in [1.165, 1.54) is 0 Å². The Kier molecular flexibility index (Phi) is 4.75. The molecule has 126 valence electrons. The van der Waals surface area contributed by atoms with Crippen LogP contribution in [-0.4, -0.2) is 23.3 Å². The Morgan fingerprint density at radius 1 is 1.04 bits per heavy atom. The van der Waals surface area contributed by atoms with Crippen LogP contribution < -0.4 is 10.6 Å². The molecule has 0 saturated heterocycles. The normalized spacial score (nSPS) is 10.5. The summed E-state index contributed by atoms with van der Waals surface area (Å²) in [6.45, 7) is 3.78. The first-order valence-electron chi connectivity index (χ1n) is 8.02. The van der Waals surface area contributed by atoms with Gasteiger partial charge in [-0.1, -0.05) is 29.3 Å². The first-order chi connectivity index (χ1) is 12.0. The largest absolute Gasteiger partial charge is 0.343 e. The number of hydrogen-bond acceptors (Lipinski definition) is 3. The minimum atomic E-state index is -0.276. The summed E-state index contributed by atoms with van der Waals surface area (Å²) in [5.74, 6) is -0.536. The van der Waals surface area contributed by atoms with Crippen molar-refractivity contribution in [3.63, 3.8) is 0 Å². The van der Waals surface area contributed by atoms with Crippen molar-refractivity contribution < 1.29 is 9.59 Å². The second kappa shape index (κ2) is 7.13. The van der Waals surface area contributed by atoms with Crippen LogP contribution in [0.4, 0.5) is 5.69 Å². The lowest BCUT2D eigenvalue weighted by atomic mass is 10.1. The van der Waals surface area contributed by atoms with E-state index < -0.39 is 0 Å². The van der Waals surface area contributed by atoms with Crippen LogP contribution in [0.2, 0.25) is 0 Å². The van der Waals surface area contributed by atoms with Crippen molar-refractivity contribution in [2.45, 2.75) is 13.8 Å². The summed E-state index contributed by atoms with van der Waals surface area (Å²) in [6.07, 6.45) is 3.42. The van der Waals surface area contributed by atoms with Crippen molar-refractivity contribution in [3.05, 3.63) is 71.5 Å². The summed E-state index contributed by atoms with van der Waals surface area (Å²) in [5.41, 5.74) is 3.28. The molecule has 1 heterocycles. The van der Waals surface area contributed by atoms with Crippen LogP contribution in [0.1, 0.15) is 21.5 Å². The van der Waals surface area contributed by atoms with E-state index in [0.29, 0.717) is 11.3 Å². The SMILES string of the molecule is Cc1cc(C)cc(C(=O)NCC(=O)Nc2cccc3cnccc23)c1. The number of aromatic nitrogens is 1. The Balaban J connectivity index is 1.65. The predicted octanol–water partition coefficient (Wildman–Crippen LogP) is 3.22. The molecule has 0 atom stereocenters. The van der Waals surface area contributed by atoms with E-state index in [-0.39, 0.29) is 18.4 Å². The molecule has 0 bridgehead atoms. The maximum Gasteiger partial charge on any atom is 0.251 e. The molecule has 3 aromatic rings. The number of benzene rings is 2. The highest BCUT2D eigenvalue weighted by Gasteiger charge is 2.10. The molecular weight excluding hydrogens is 314 g/mol. The first-order valence-corrected chi connectivity index (χ1v) is 8.02. The van der Waals surface area contributed by atoms with Crippen molar-refractivity contribution >= 4 is 28.3 Å². The zero-order valence-corrected chi connectivity index (χ0v) is 14.2. The number of hydrogen-bond donors (Lipinski definition) is 2. The van der Waals surface area contributed by atoms with Gasteiger partial charge in [0.2, 0.25) is 5.91 Å². The molecule has 0 fully saturated rings. The van der Waals surface area contributed by atoms with Gasteiger partial charge in [-0.25, -0.2) is 0 Å². The second-order valence-electron chi connectivity index (χ2n) is 6.01. The van der Waals surface area contributed by atoms with E-state index >= 15 is 0 Å². The smallest absolute Gasteiger partial charge is 0.251 e.